The molecular formula is C19H25NO2. The van der Waals surface area contributed by atoms with E-state index in [1.807, 2.05) is 0 Å². The van der Waals surface area contributed by atoms with Crippen molar-refractivity contribution >= 4 is 5.71 Å². The standard InChI is InChI=1S/C19H25NO2/c1-19-10-9-15-14-6-4-13(22-2)11-12(14)3-5-16(15)17(19)7-8-18(19)20-21/h4,6,11,15-17,21H,3,5,7-10H2,1-2H3/b20-18+/t15-,16+,17+,19+/m1/s1. The van der Waals surface area contributed by atoms with Crippen LogP contribution in [0.5, 0.6) is 5.75 Å². The molecule has 1 aromatic carbocycles. The Balaban J connectivity index is 1.69. The lowest BCUT2D eigenvalue weighted by molar-refractivity contribution is 0.0938. The van der Waals surface area contributed by atoms with Crippen LogP contribution in [0.25, 0.3) is 0 Å². The zero-order chi connectivity index (χ0) is 15.3. The first kappa shape index (κ1) is 14.1. The van der Waals surface area contributed by atoms with Crippen LogP contribution < -0.4 is 4.74 Å². The summed E-state index contributed by atoms with van der Waals surface area (Å²) in [7, 11) is 1.74. The van der Waals surface area contributed by atoms with E-state index in [2.05, 4.69) is 30.3 Å². The first-order valence-electron chi connectivity index (χ1n) is 8.55. The average Bonchev–Trinajstić information content (AvgIpc) is 2.90. The van der Waals surface area contributed by atoms with E-state index < -0.39 is 0 Å². The van der Waals surface area contributed by atoms with Gasteiger partial charge < -0.3 is 9.94 Å². The van der Waals surface area contributed by atoms with Crippen LogP contribution in [0, 0.1) is 17.3 Å². The largest absolute Gasteiger partial charge is 0.497 e. The zero-order valence-corrected chi connectivity index (χ0v) is 13.5. The number of hydrogen-bond donors (Lipinski definition) is 1. The van der Waals surface area contributed by atoms with Gasteiger partial charge in [-0.05, 0) is 79.5 Å². The molecule has 3 aliphatic carbocycles. The molecule has 1 N–H and O–H groups in total. The van der Waals surface area contributed by atoms with E-state index in [0.29, 0.717) is 11.8 Å². The zero-order valence-electron chi connectivity index (χ0n) is 13.5. The van der Waals surface area contributed by atoms with Crippen molar-refractivity contribution in [2.75, 3.05) is 7.11 Å². The topological polar surface area (TPSA) is 41.8 Å². The van der Waals surface area contributed by atoms with Crippen molar-refractivity contribution in [2.24, 2.45) is 22.4 Å². The number of aryl methyl sites for hydroxylation is 1. The van der Waals surface area contributed by atoms with Crippen LogP contribution >= 0.6 is 0 Å². The van der Waals surface area contributed by atoms with E-state index in [9.17, 15) is 5.21 Å². The lowest BCUT2D eigenvalue weighted by Crippen LogP contribution is -2.42. The van der Waals surface area contributed by atoms with E-state index in [1.54, 1.807) is 12.7 Å². The van der Waals surface area contributed by atoms with E-state index in [1.165, 1.54) is 24.8 Å². The van der Waals surface area contributed by atoms with E-state index >= 15 is 0 Å². The number of methoxy groups -OCH3 is 1. The number of ether oxygens (including phenoxy) is 1. The SMILES string of the molecule is COc1ccc2c(c1)CC[C@H]1[C@@H]2CC[C@]2(C)/C(=N/O)CC[C@@H]12. The summed E-state index contributed by atoms with van der Waals surface area (Å²) >= 11 is 0. The molecule has 1 aromatic rings. The third-order valence-corrected chi connectivity index (χ3v) is 6.80. The van der Waals surface area contributed by atoms with Gasteiger partial charge in [0.05, 0.1) is 12.8 Å². The molecule has 0 radical (unpaired) electrons. The van der Waals surface area contributed by atoms with Crippen LogP contribution in [0.1, 0.15) is 56.1 Å². The van der Waals surface area contributed by atoms with Crippen molar-refractivity contribution in [2.45, 2.75) is 51.4 Å². The molecule has 0 bridgehead atoms. The fraction of sp³-hybridized carbons (Fsp3) is 0.632. The molecule has 3 heteroatoms. The van der Waals surface area contributed by atoms with Crippen LogP contribution in [-0.4, -0.2) is 18.0 Å². The number of oxime groups is 1. The van der Waals surface area contributed by atoms with Crippen molar-refractivity contribution in [3.8, 4) is 5.75 Å². The molecular weight excluding hydrogens is 274 g/mol. The summed E-state index contributed by atoms with van der Waals surface area (Å²) in [6.45, 7) is 2.33. The van der Waals surface area contributed by atoms with E-state index in [0.717, 1.165) is 36.6 Å². The Labute approximate surface area is 132 Å². The predicted molar refractivity (Wildman–Crippen MR) is 86.8 cm³/mol. The molecule has 0 spiro atoms. The Morgan fingerprint density at radius 1 is 1.23 bits per heavy atom. The van der Waals surface area contributed by atoms with Crippen LogP contribution in [0.2, 0.25) is 0 Å². The minimum atomic E-state index is 0.139. The molecule has 3 aliphatic rings. The summed E-state index contributed by atoms with van der Waals surface area (Å²) in [5.41, 5.74) is 4.23. The monoisotopic (exact) mass is 299 g/mol. The highest BCUT2D eigenvalue weighted by molar-refractivity contribution is 5.92. The predicted octanol–water partition coefficient (Wildman–Crippen LogP) is 4.38. The second-order valence-electron chi connectivity index (χ2n) is 7.52. The second kappa shape index (κ2) is 5.00. The summed E-state index contributed by atoms with van der Waals surface area (Å²) in [5.74, 6) is 3.10. The minimum absolute atomic E-state index is 0.139. The van der Waals surface area contributed by atoms with Crippen LogP contribution in [0.3, 0.4) is 0 Å². The maximum atomic E-state index is 9.36. The van der Waals surface area contributed by atoms with Crippen LogP contribution in [-0.2, 0) is 6.42 Å². The Morgan fingerprint density at radius 3 is 2.86 bits per heavy atom. The molecule has 4 atom stereocenters. The Kier molecular flexibility index (Phi) is 3.21. The average molecular weight is 299 g/mol. The summed E-state index contributed by atoms with van der Waals surface area (Å²) < 4.78 is 5.39. The minimum Gasteiger partial charge on any atom is -0.497 e. The molecule has 0 amide bonds. The number of rotatable bonds is 1. The molecule has 2 saturated carbocycles. The third kappa shape index (κ3) is 1.84. The van der Waals surface area contributed by atoms with E-state index in [4.69, 9.17) is 4.74 Å². The Bertz CT molecular complexity index is 624. The van der Waals surface area contributed by atoms with Gasteiger partial charge in [0.15, 0.2) is 0 Å². The smallest absolute Gasteiger partial charge is 0.119 e. The van der Waals surface area contributed by atoms with Crippen molar-refractivity contribution in [1.82, 2.24) is 0 Å². The molecule has 0 heterocycles. The fourth-order valence-electron chi connectivity index (χ4n) is 5.64. The van der Waals surface area contributed by atoms with Gasteiger partial charge in [-0.25, -0.2) is 0 Å². The molecule has 0 aromatic heterocycles. The van der Waals surface area contributed by atoms with Gasteiger partial charge >= 0.3 is 0 Å². The van der Waals surface area contributed by atoms with Gasteiger partial charge in [-0.2, -0.15) is 0 Å². The van der Waals surface area contributed by atoms with Gasteiger partial charge in [0.25, 0.3) is 0 Å². The summed E-state index contributed by atoms with van der Waals surface area (Å²) in [6.07, 6.45) is 6.98. The van der Waals surface area contributed by atoms with Gasteiger partial charge in [0.2, 0.25) is 0 Å². The summed E-state index contributed by atoms with van der Waals surface area (Å²) in [6, 6.07) is 6.64. The van der Waals surface area contributed by atoms with Gasteiger partial charge in [-0.1, -0.05) is 18.1 Å². The third-order valence-electron chi connectivity index (χ3n) is 6.80. The summed E-state index contributed by atoms with van der Waals surface area (Å²) in [5, 5.41) is 13.0. The second-order valence-corrected chi connectivity index (χ2v) is 7.52. The highest BCUT2D eigenvalue weighted by atomic mass is 16.5. The first-order chi connectivity index (χ1) is 10.7. The normalized spacial score (nSPS) is 38.3. The van der Waals surface area contributed by atoms with Crippen molar-refractivity contribution in [3.63, 3.8) is 0 Å². The fourth-order valence-corrected chi connectivity index (χ4v) is 5.64. The lowest BCUT2D eigenvalue weighted by Gasteiger charge is -2.48. The Hall–Kier alpha value is -1.51. The highest BCUT2D eigenvalue weighted by Gasteiger charge is 2.53. The van der Waals surface area contributed by atoms with Gasteiger partial charge in [-0.15, -0.1) is 0 Å². The van der Waals surface area contributed by atoms with Gasteiger partial charge in [-0.3, -0.25) is 0 Å². The molecule has 0 saturated heterocycles. The van der Waals surface area contributed by atoms with Crippen LogP contribution in [0.15, 0.2) is 23.4 Å². The molecule has 22 heavy (non-hydrogen) atoms. The summed E-state index contributed by atoms with van der Waals surface area (Å²) in [4.78, 5) is 0. The van der Waals surface area contributed by atoms with E-state index in [-0.39, 0.29) is 5.41 Å². The highest BCUT2D eigenvalue weighted by Crippen LogP contribution is 2.59. The number of fused-ring (bicyclic) bond motifs is 5. The van der Waals surface area contributed by atoms with Crippen molar-refractivity contribution in [1.29, 1.82) is 0 Å². The Morgan fingerprint density at radius 2 is 2.09 bits per heavy atom. The quantitative estimate of drug-likeness (QED) is 0.617. The molecule has 3 nitrogen and oxygen atoms in total. The molecule has 2 fully saturated rings. The van der Waals surface area contributed by atoms with Gasteiger partial charge in [0, 0.05) is 5.41 Å². The molecule has 0 aliphatic heterocycles. The first-order valence-corrected chi connectivity index (χ1v) is 8.55. The lowest BCUT2D eigenvalue weighted by atomic mass is 9.55. The number of nitrogens with zero attached hydrogens (tertiary/aromatic N) is 1. The van der Waals surface area contributed by atoms with Crippen molar-refractivity contribution in [3.05, 3.63) is 29.3 Å². The molecule has 118 valence electrons. The molecule has 4 rings (SSSR count). The van der Waals surface area contributed by atoms with Crippen LogP contribution in [0.4, 0.5) is 0 Å². The number of benzene rings is 1. The number of hydrogen-bond acceptors (Lipinski definition) is 3. The maximum absolute atomic E-state index is 9.36. The molecule has 0 unspecified atom stereocenters. The van der Waals surface area contributed by atoms with Crippen molar-refractivity contribution < 1.29 is 9.94 Å². The van der Waals surface area contributed by atoms with Gasteiger partial charge in [0.1, 0.15) is 5.75 Å². The maximum Gasteiger partial charge on any atom is 0.119 e.